The summed E-state index contributed by atoms with van der Waals surface area (Å²) >= 11 is 0. The van der Waals surface area contributed by atoms with Gasteiger partial charge in [0.15, 0.2) is 0 Å². The van der Waals surface area contributed by atoms with Crippen molar-refractivity contribution in [2.24, 2.45) is 0 Å². The lowest BCUT2D eigenvalue weighted by atomic mass is 10.0. The summed E-state index contributed by atoms with van der Waals surface area (Å²) in [5, 5.41) is 8.27. The van der Waals surface area contributed by atoms with Crippen LogP contribution in [0.15, 0.2) is 53.3 Å². The summed E-state index contributed by atoms with van der Waals surface area (Å²) in [6.07, 6.45) is 0. The number of hydrogen-bond acceptors (Lipinski definition) is 2. The molecule has 0 spiro atoms. The minimum absolute atomic E-state index is 0.151. The third-order valence-electron chi connectivity index (χ3n) is 3.02. The van der Waals surface area contributed by atoms with Gasteiger partial charge in [0.25, 0.3) is 5.56 Å². The first-order valence-electron chi connectivity index (χ1n) is 5.80. The average molecular weight is 236 g/mol. The molecule has 0 aliphatic carbocycles. The zero-order chi connectivity index (χ0) is 12.5. The minimum atomic E-state index is -0.151. The van der Waals surface area contributed by atoms with E-state index in [0.717, 1.165) is 16.6 Å². The van der Waals surface area contributed by atoms with Gasteiger partial charge in [0.05, 0.1) is 11.1 Å². The van der Waals surface area contributed by atoms with Crippen LogP contribution >= 0.6 is 0 Å². The van der Waals surface area contributed by atoms with Crippen LogP contribution in [0.2, 0.25) is 0 Å². The summed E-state index contributed by atoms with van der Waals surface area (Å²) < 4.78 is 0. The molecule has 0 amide bonds. The Morgan fingerprint density at radius 2 is 1.61 bits per heavy atom. The molecule has 0 aliphatic heterocycles. The van der Waals surface area contributed by atoms with Gasteiger partial charge in [-0.3, -0.25) is 4.79 Å². The van der Waals surface area contributed by atoms with E-state index in [4.69, 9.17) is 0 Å². The van der Waals surface area contributed by atoms with E-state index in [2.05, 4.69) is 10.2 Å². The van der Waals surface area contributed by atoms with Crippen LogP contribution in [0.4, 0.5) is 0 Å². The number of aryl methyl sites for hydroxylation is 1. The predicted octanol–water partition coefficient (Wildman–Crippen LogP) is 2.90. The molecule has 3 nitrogen and oxygen atoms in total. The van der Waals surface area contributed by atoms with E-state index in [0.29, 0.717) is 5.39 Å². The van der Waals surface area contributed by atoms with Crippen LogP contribution in [-0.4, -0.2) is 10.2 Å². The van der Waals surface area contributed by atoms with Gasteiger partial charge < -0.3 is 0 Å². The molecular weight excluding hydrogens is 224 g/mol. The fourth-order valence-corrected chi connectivity index (χ4v) is 2.05. The number of aromatic amines is 1. The molecule has 3 heteroatoms. The Morgan fingerprint density at radius 3 is 2.33 bits per heavy atom. The van der Waals surface area contributed by atoms with Gasteiger partial charge in [-0.05, 0) is 13.0 Å². The van der Waals surface area contributed by atoms with Gasteiger partial charge in [0.2, 0.25) is 0 Å². The Morgan fingerprint density at radius 1 is 0.944 bits per heavy atom. The van der Waals surface area contributed by atoms with Crippen LogP contribution < -0.4 is 5.56 Å². The van der Waals surface area contributed by atoms with Crippen LogP contribution in [0.25, 0.3) is 22.0 Å². The average Bonchev–Trinajstić information content (AvgIpc) is 2.41. The molecular formula is C15H12N2O. The maximum absolute atomic E-state index is 11.7. The summed E-state index contributed by atoms with van der Waals surface area (Å²) in [4.78, 5) is 11.7. The second-order valence-corrected chi connectivity index (χ2v) is 4.31. The summed E-state index contributed by atoms with van der Waals surface area (Å²) in [6, 6.07) is 15.6. The van der Waals surface area contributed by atoms with Crippen molar-refractivity contribution < 1.29 is 0 Å². The predicted molar refractivity (Wildman–Crippen MR) is 72.5 cm³/mol. The van der Waals surface area contributed by atoms with Crippen LogP contribution in [-0.2, 0) is 0 Å². The van der Waals surface area contributed by atoms with E-state index < -0.39 is 0 Å². The highest BCUT2D eigenvalue weighted by atomic mass is 16.1. The van der Waals surface area contributed by atoms with Crippen molar-refractivity contribution in [2.75, 3.05) is 0 Å². The van der Waals surface area contributed by atoms with Crippen molar-refractivity contribution >= 4 is 10.8 Å². The molecule has 0 saturated carbocycles. The first-order chi connectivity index (χ1) is 8.75. The van der Waals surface area contributed by atoms with Gasteiger partial charge in [0, 0.05) is 10.9 Å². The molecule has 0 bridgehead atoms. The molecule has 3 rings (SSSR count). The first kappa shape index (κ1) is 10.7. The molecule has 18 heavy (non-hydrogen) atoms. The van der Waals surface area contributed by atoms with E-state index in [1.54, 1.807) is 0 Å². The number of nitrogens with zero attached hydrogens (tertiary/aromatic N) is 1. The molecule has 0 saturated heterocycles. The SMILES string of the molecule is Cc1ccc(-c2n[nH]c(=O)c3ccccc23)cc1. The smallest absolute Gasteiger partial charge is 0.267 e. The van der Waals surface area contributed by atoms with Crippen molar-refractivity contribution in [1.82, 2.24) is 10.2 Å². The second-order valence-electron chi connectivity index (χ2n) is 4.31. The molecule has 0 fully saturated rings. The lowest BCUT2D eigenvalue weighted by Crippen LogP contribution is -2.09. The van der Waals surface area contributed by atoms with E-state index in [1.165, 1.54) is 5.56 Å². The number of rotatable bonds is 1. The topological polar surface area (TPSA) is 45.8 Å². The molecule has 3 aromatic rings. The molecule has 0 radical (unpaired) electrons. The van der Waals surface area contributed by atoms with Crippen molar-refractivity contribution in [3.63, 3.8) is 0 Å². The second kappa shape index (κ2) is 4.11. The van der Waals surface area contributed by atoms with E-state index in [1.807, 2.05) is 55.5 Å². The highest BCUT2D eigenvalue weighted by Gasteiger charge is 2.07. The van der Waals surface area contributed by atoms with Gasteiger partial charge in [-0.15, -0.1) is 0 Å². The van der Waals surface area contributed by atoms with Gasteiger partial charge >= 0.3 is 0 Å². The maximum Gasteiger partial charge on any atom is 0.272 e. The fourth-order valence-electron chi connectivity index (χ4n) is 2.05. The number of hydrogen-bond donors (Lipinski definition) is 1. The molecule has 1 heterocycles. The summed E-state index contributed by atoms with van der Waals surface area (Å²) in [7, 11) is 0. The molecule has 1 aromatic heterocycles. The van der Waals surface area contributed by atoms with Crippen molar-refractivity contribution in [3.8, 4) is 11.3 Å². The lowest BCUT2D eigenvalue weighted by Gasteiger charge is -2.05. The van der Waals surface area contributed by atoms with Crippen molar-refractivity contribution in [2.45, 2.75) is 6.92 Å². The van der Waals surface area contributed by atoms with E-state index in [9.17, 15) is 4.79 Å². The number of aromatic nitrogens is 2. The highest BCUT2D eigenvalue weighted by molar-refractivity contribution is 5.93. The van der Waals surface area contributed by atoms with Crippen molar-refractivity contribution in [3.05, 3.63) is 64.4 Å². The Hall–Kier alpha value is -2.42. The third-order valence-corrected chi connectivity index (χ3v) is 3.02. The van der Waals surface area contributed by atoms with Crippen LogP contribution in [0, 0.1) is 6.92 Å². The standard InChI is InChI=1S/C15H12N2O/c1-10-6-8-11(9-7-10)14-12-4-2-3-5-13(12)15(18)17-16-14/h2-9H,1H3,(H,17,18). The zero-order valence-electron chi connectivity index (χ0n) is 9.97. The summed E-state index contributed by atoms with van der Waals surface area (Å²) in [5.41, 5.74) is 2.87. The van der Waals surface area contributed by atoms with Crippen LogP contribution in [0.1, 0.15) is 5.56 Å². The normalized spacial score (nSPS) is 10.7. The number of H-pyrrole nitrogens is 1. The number of nitrogens with one attached hydrogen (secondary N) is 1. The van der Waals surface area contributed by atoms with E-state index >= 15 is 0 Å². The molecule has 1 N–H and O–H groups in total. The van der Waals surface area contributed by atoms with Gasteiger partial charge in [0.1, 0.15) is 0 Å². The maximum atomic E-state index is 11.7. The summed E-state index contributed by atoms with van der Waals surface area (Å²) in [5.74, 6) is 0. The largest absolute Gasteiger partial charge is 0.272 e. The Labute approximate surface area is 104 Å². The molecule has 0 atom stereocenters. The van der Waals surface area contributed by atoms with Crippen LogP contribution in [0.5, 0.6) is 0 Å². The van der Waals surface area contributed by atoms with Gasteiger partial charge in [-0.2, -0.15) is 5.10 Å². The van der Waals surface area contributed by atoms with E-state index in [-0.39, 0.29) is 5.56 Å². The molecule has 0 aliphatic rings. The Kier molecular flexibility index (Phi) is 2.45. The zero-order valence-corrected chi connectivity index (χ0v) is 9.97. The molecule has 88 valence electrons. The quantitative estimate of drug-likeness (QED) is 0.706. The highest BCUT2D eigenvalue weighted by Crippen LogP contribution is 2.23. The lowest BCUT2D eigenvalue weighted by molar-refractivity contribution is 1.02. The van der Waals surface area contributed by atoms with Gasteiger partial charge in [-0.25, -0.2) is 5.10 Å². The van der Waals surface area contributed by atoms with Crippen molar-refractivity contribution in [1.29, 1.82) is 0 Å². The third kappa shape index (κ3) is 1.70. The Balaban J connectivity index is 2.33. The number of benzene rings is 2. The number of fused-ring (bicyclic) bond motifs is 1. The van der Waals surface area contributed by atoms with Crippen LogP contribution in [0.3, 0.4) is 0 Å². The Bertz CT molecular complexity index is 757. The molecule has 2 aromatic carbocycles. The first-order valence-corrected chi connectivity index (χ1v) is 5.80. The fraction of sp³-hybridized carbons (Fsp3) is 0.0667. The minimum Gasteiger partial charge on any atom is -0.267 e. The molecule has 0 unspecified atom stereocenters. The summed E-state index contributed by atoms with van der Waals surface area (Å²) in [6.45, 7) is 2.04. The van der Waals surface area contributed by atoms with Gasteiger partial charge in [-0.1, -0.05) is 48.0 Å². The monoisotopic (exact) mass is 236 g/mol.